The van der Waals surface area contributed by atoms with Crippen LogP contribution >= 0.6 is 0 Å². The Morgan fingerprint density at radius 3 is 0.798 bits per heavy atom. The smallest absolute Gasteiger partial charge is 0.266 e. The molecule has 0 fully saturated rings. The molecule has 0 spiro atoms. The SMILES string of the molecule is O=C1c2ccc3c4c(ccc(c24)C(=O)N1Cc1cccnc1)C(=O)N(Cc1cccnc1)C3=O.O=C1c2ccc3c4c(ccc(c24)C(=O)N1c1ccc2ncccc2c1)C(=O)N(c1ccc2ncccc2c1)C3=O.O=C1c2ccc3c4c(ccc(c24)C(=O)N1c1cccc2ncccc12)C(=O)N(c1cccc2ncccc12)C3=O. The van der Waals surface area contributed by atoms with Crippen LogP contribution < -0.4 is 19.6 Å². The standard InChI is InChI=1S/2C32H16N4O4.C26H16N4O4/c37-29-19-11-13-21-28-22(32(40)36(31(21)39)26-10-2-8-24-18(26)6-4-16-34-24)14-12-20(27(19)28)30(38)35(29)25-9-1-7-23-17(25)5-3-15-33-23;37-29-21-7-9-23-28-24(32(40)36(31(23)39)20-6-12-26-18(16-20)4-2-14-34-26)10-8-22(27(21)28)30(38)35(29)19-5-11-25-17(15-19)3-1-13-33-25;31-23-17-5-7-19-22-20(26(34)30(25(19)33)14-16-4-2-10-28-12-16)8-6-18(21(17)22)24(32)29(23)13-15-3-1-9-27-11-15/h2*1-16H;1-12H,13-14H2. The molecule has 24 nitrogen and oxygen atoms in total. The maximum absolute atomic E-state index is 13.9. The normalized spacial score (nSPS) is 14.7. The van der Waals surface area contributed by atoms with Crippen molar-refractivity contribution in [1.29, 1.82) is 0 Å². The van der Waals surface area contributed by atoms with Gasteiger partial charge >= 0.3 is 0 Å². The van der Waals surface area contributed by atoms with Gasteiger partial charge in [-0.2, -0.15) is 0 Å². The van der Waals surface area contributed by atoms with Gasteiger partial charge in [-0.05, 0) is 193 Å². The summed E-state index contributed by atoms with van der Waals surface area (Å²) in [6.45, 7) is 0.152. The number of anilines is 4. The number of nitrogens with zero attached hydrogens (tertiary/aromatic N) is 12. The lowest BCUT2D eigenvalue weighted by atomic mass is 9.85. The van der Waals surface area contributed by atoms with Crippen LogP contribution in [0.3, 0.4) is 0 Å². The minimum atomic E-state index is -0.528. The molecule has 0 N–H and O–H groups in total. The molecule has 540 valence electrons. The number of pyridine rings is 6. The number of rotatable bonds is 8. The van der Waals surface area contributed by atoms with Crippen molar-refractivity contribution in [1.82, 2.24) is 39.7 Å². The number of aromatic nitrogens is 6. The molecule has 0 saturated heterocycles. The summed E-state index contributed by atoms with van der Waals surface area (Å²) in [5.41, 5.74) is 9.08. The Labute approximate surface area is 642 Å². The molecular formula is C90H48N12O12. The van der Waals surface area contributed by atoms with Crippen molar-refractivity contribution in [3.63, 3.8) is 0 Å². The van der Waals surface area contributed by atoms with Crippen LogP contribution in [0.25, 0.3) is 75.9 Å². The van der Waals surface area contributed by atoms with Crippen molar-refractivity contribution < 1.29 is 57.5 Å². The fraction of sp³-hybridized carbons (Fsp3) is 0.0222. The van der Waals surface area contributed by atoms with E-state index in [4.69, 9.17) is 0 Å². The predicted molar refractivity (Wildman–Crippen MR) is 420 cm³/mol. The summed E-state index contributed by atoms with van der Waals surface area (Å²) in [6, 6.07) is 61.1. The van der Waals surface area contributed by atoms with E-state index in [1.807, 2.05) is 36.4 Å². The first-order valence-electron chi connectivity index (χ1n) is 35.8. The molecule has 6 aromatic heterocycles. The van der Waals surface area contributed by atoms with E-state index in [2.05, 4.69) is 29.9 Å². The number of carbonyl (C=O) groups is 12. The van der Waals surface area contributed by atoms with Gasteiger partial charge in [0.25, 0.3) is 70.9 Å². The van der Waals surface area contributed by atoms with E-state index < -0.39 is 70.9 Å². The second kappa shape index (κ2) is 25.7. The Morgan fingerprint density at radius 1 is 0.228 bits per heavy atom. The average Bonchev–Trinajstić information content (AvgIpc) is 0.786. The lowest BCUT2D eigenvalue weighted by Crippen LogP contribution is -2.43. The molecular weight excluding hydrogens is 1440 g/mol. The topological polar surface area (TPSA) is 302 Å². The van der Waals surface area contributed by atoms with Gasteiger partial charge in [0.05, 0.1) is 57.9 Å². The number of benzene rings is 10. The summed E-state index contributed by atoms with van der Waals surface area (Å²) in [5, 5.41) is 4.90. The molecule has 12 heterocycles. The summed E-state index contributed by atoms with van der Waals surface area (Å²) in [4.78, 5) is 196. The highest BCUT2D eigenvalue weighted by Crippen LogP contribution is 2.46. The molecule has 12 amide bonds. The number of imide groups is 6. The molecule has 24 heteroatoms. The van der Waals surface area contributed by atoms with Crippen molar-refractivity contribution in [3.8, 4) is 0 Å². The largest absolute Gasteiger partial charge is 0.270 e. The summed E-state index contributed by atoms with van der Waals surface area (Å²) in [5.74, 6) is -6.07. The minimum Gasteiger partial charge on any atom is -0.270 e. The van der Waals surface area contributed by atoms with Crippen LogP contribution in [0.15, 0.2) is 268 Å². The summed E-state index contributed by atoms with van der Waals surface area (Å²) in [7, 11) is 0. The van der Waals surface area contributed by atoms with Crippen molar-refractivity contribution in [2.45, 2.75) is 13.1 Å². The maximum atomic E-state index is 13.9. The van der Waals surface area contributed by atoms with Gasteiger partial charge in [-0.3, -0.25) is 97.2 Å². The van der Waals surface area contributed by atoms with Gasteiger partial charge in [0.15, 0.2) is 0 Å². The highest BCUT2D eigenvalue weighted by atomic mass is 16.2. The van der Waals surface area contributed by atoms with Crippen LogP contribution in [0.2, 0.25) is 0 Å². The molecule has 0 atom stereocenters. The third-order valence-electron chi connectivity index (χ3n) is 21.4. The van der Waals surface area contributed by atoms with Crippen LogP contribution in [0, 0.1) is 0 Å². The van der Waals surface area contributed by atoms with Crippen molar-refractivity contribution in [2.24, 2.45) is 0 Å². The fourth-order valence-electron chi connectivity index (χ4n) is 16.2. The molecule has 0 unspecified atom stereocenters. The van der Waals surface area contributed by atoms with Gasteiger partial charge in [0, 0.05) is 170 Å². The highest BCUT2D eigenvalue weighted by molar-refractivity contribution is 6.45. The first-order chi connectivity index (χ1) is 55.6. The summed E-state index contributed by atoms with van der Waals surface area (Å²) < 4.78 is 0. The molecule has 0 saturated carbocycles. The highest BCUT2D eigenvalue weighted by Gasteiger charge is 2.45. The molecule has 6 aliphatic heterocycles. The number of carbonyl (C=O) groups excluding carboxylic acids is 12. The van der Waals surface area contributed by atoms with E-state index >= 15 is 0 Å². The van der Waals surface area contributed by atoms with E-state index in [9.17, 15) is 57.5 Å². The Balaban J connectivity index is 0.000000111. The first kappa shape index (κ1) is 67.1. The zero-order chi connectivity index (χ0) is 77.6. The lowest BCUT2D eigenvalue weighted by molar-refractivity contribution is 0.0577. The van der Waals surface area contributed by atoms with Gasteiger partial charge in [0.2, 0.25) is 0 Å². The van der Waals surface area contributed by atoms with Crippen molar-refractivity contribution >= 4 is 170 Å². The van der Waals surface area contributed by atoms with Crippen LogP contribution in [0.1, 0.15) is 135 Å². The third-order valence-corrected chi connectivity index (χ3v) is 21.4. The fourth-order valence-corrected chi connectivity index (χ4v) is 16.2. The predicted octanol–water partition coefficient (Wildman–Crippen LogP) is 14.3. The summed E-state index contributed by atoms with van der Waals surface area (Å²) in [6.07, 6.45) is 13.1. The maximum Gasteiger partial charge on any atom is 0.266 e. The third kappa shape index (κ3) is 10.1. The van der Waals surface area contributed by atoms with E-state index in [-0.39, 0.29) is 57.6 Å². The van der Waals surface area contributed by atoms with Crippen LogP contribution in [0.4, 0.5) is 22.7 Å². The van der Waals surface area contributed by atoms with Gasteiger partial charge in [-0.25, -0.2) is 19.6 Å². The number of amides is 12. The first-order valence-corrected chi connectivity index (χ1v) is 35.8. The van der Waals surface area contributed by atoms with Gasteiger partial charge in [-0.1, -0.05) is 36.4 Å². The molecule has 10 aromatic carbocycles. The van der Waals surface area contributed by atoms with Gasteiger partial charge in [0.1, 0.15) is 0 Å². The van der Waals surface area contributed by atoms with E-state index in [1.165, 1.54) is 0 Å². The Kier molecular flexibility index (Phi) is 15.1. The number of hydrogen-bond acceptors (Lipinski definition) is 18. The van der Waals surface area contributed by atoms with E-state index in [1.54, 1.807) is 232 Å². The van der Waals surface area contributed by atoms with Crippen molar-refractivity contribution in [2.75, 3.05) is 19.6 Å². The van der Waals surface area contributed by atoms with E-state index in [0.29, 0.717) is 99.1 Å². The Morgan fingerprint density at radius 2 is 0.500 bits per heavy atom. The zero-order valence-corrected chi connectivity index (χ0v) is 59.1. The Hall–Kier alpha value is -16.2. The average molecular weight is 1490 g/mol. The molecule has 22 rings (SSSR count). The minimum absolute atomic E-state index is 0.0761. The lowest BCUT2D eigenvalue weighted by Gasteiger charge is -2.32. The number of fused-ring (bicyclic) bond motifs is 4. The molecule has 6 aliphatic rings. The van der Waals surface area contributed by atoms with E-state index in [0.717, 1.165) is 62.3 Å². The zero-order valence-electron chi connectivity index (χ0n) is 59.1. The van der Waals surface area contributed by atoms with Crippen LogP contribution in [0.5, 0.6) is 0 Å². The molecule has 0 aliphatic carbocycles. The van der Waals surface area contributed by atoms with Gasteiger partial charge in [-0.15, -0.1) is 0 Å². The van der Waals surface area contributed by atoms with Crippen molar-refractivity contribution in [3.05, 3.63) is 346 Å². The summed E-state index contributed by atoms with van der Waals surface area (Å²) >= 11 is 0. The quantitative estimate of drug-likeness (QED) is 0.128. The van der Waals surface area contributed by atoms with Crippen LogP contribution in [-0.2, 0) is 13.1 Å². The molecule has 16 aromatic rings. The van der Waals surface area contributed by atoms with Gasteiger partial charge < -0.3 is 0 Å². The molecule has 114 heavy (non-hydrogen) atoms. The second-order valence-electron chi connectivity index (χ2n) is 27.6. The molecule has 0 radical (unpaired) electrons. The monoisotopic (exact) mass is 1490 g/mol. The second-order valence-corrected chi connectivity index (χ2v) is 27.6. The molecule has 0 bridgehead atoms. The van der Waals surface area contributed by atoms with Crippen LogP contribution in [-0.4, -0.2) is 111 Å². The Bertz CT molecular complexity index is 6570. The number of hydrogen-bond donors (Lipinski definition) is 0.